The van der Waals surface area contributed by atoms with Crippen LogP contribution in [0.25, 0.3) is 16.9 Å². The lowest BCUT2D eigenvalue weighted by molar-refractivity contribution is 0.0519. The van der Waals surface area contributed by atoms with E-state index < -0.39 is 5.97 Å². The maximum Gasteiger partial charge on any atom is 0.358 e. The van der Waals surface area contributed by atoms with Crippen LogP contribution in [-0.4, -0.2) is 44.6 Å². The van der Waals surface area contributed by atoms with Crippen LogP contribution in [0.3, 0.4) is 0 Å². The Hall–Kier alpha value is -3.16. The van der Waals surface area contributed by atoms with Crippen LogP contribution >= 0.6 is 0 Å². The minimum absolute atomic E-state index is 0.221. The third-order valence-electron chi connectivity index (χ3n) is 3.16. The Morgan fingerprint density at radius 3 is 2.83 bits per heavy atom. The Morgan fingerprint density at radius 2 is 2.22 bits per heavy atom. The zero-order chi connectivity index (χ0) is 16.2. The molecule has 0 radical (unpaired) electrons. The molecule has 3 heterocycles. The lowest BCUT2D eigenvalue weighted by Crippen LogP contribution is -2.07. The van der Waals surface area contributed by atoms with Gasteiger partial charge in [-0.3, -0.25) is 5.10 Å². The Kier molecular flexibility index (Phi) is 4.05. The number of nitrogens with zero attached hydrogens (tertiary/aromatic N) is 4. The maximum atomic E-state index is 12.0. The van der Waals surface area contributed by atoms with E-state index in [1.54, 1.807) is 55.5 Å². The first-order valence-corrected chi connectivity index (χ1v) is 6.99. The normalized spacial score (nSPS) is 10.5. The fourth-order valence-corrected chi connectivity index (χ4v) is 2.10. The summed E-state index contributed by atoms with van der Waals surface area (Å²) in [6, 6.07) is 5.19. The van der Waals surface area contributed by atoms with Crippen molar-refractivity contribution < 1.29 is 14.3 Å². The van der Waals surface area contributed by atoms with E-state index in [0.717, 1.165) is 5.56 Å². The van der Waals surface area contributed by atoms with Gasteiger partial charge in [0.05, 0.1) is 37.5 Å². The van der Waals surface area contributed by atoms with Crippen molar-refractivity contribution in [1.82, 2.24) is 25.0 Å². The van der Waals surface area contributed by atoms with Gasteiger partial charge in [-0.2, -0.15) is 10.2 Å². The summed E-state index contributed by atoms with van der Waals surface area (Å²) < 4.78 is 11.7. The third kappa shape index (κ3) is 2.91. The fourth-order valence-electron chi connectivity index (χ4n) is 2.10. The molecule has 0 aliphatic heterocycles. The molecule has 0 atom stereocenters. The zero-order valence-electron chi connectivity index (χ0n) is 12.7. The summed E-state index contributed by atoms with van der Waals surface area (Å²) in [6.45, 7) is 2.04. The number of methoxy groups -OCH3 is 1. The number of carbonyl (C=O) groups is 1. The van der Waals surface area contributed by atoms with Gasteiger partial charge in [-0.1, -0.05) is 0 Å². The van der Waals surface area contributed by atoms with Crippen molar-refractivity contribution in [3.8, 4) is 22.8 Å². The highest BCUT2D eigenvalue weighted by molar-refractivity contribution is 5.89. The van der Waals surface area contributed by atoms with Gasteiger partial charge in [0, 0.05) is 17.8 Å². The number of ether oxygens (including phenoxy) is 2. The van der Waals surface area contributed by atoms with Crippen LogP contribution in [0.4, 0.5) is 0 Å². The molecular formula is C15H15N5O3. The molecule has 0 aliphatic carbocycles. The van der Waals surface area contributed by atoms with Gasteiger partial charge in [0.2, 0.25) is 5.88 Å². The van der Waals surface area contributed by atoms with E-state index in [2.05, 4.69) is 20.3 Å². The molecule has 3 aromatic heterocycles. The zero-order valence-corrected chi connectivity index (χ0v) is 12.7. The number of hydrogen-bond donors (Lipinski definition) is 1. The minimum atomic E-state index is -0.475. The summed E-state index contributed by atoms with van der Waals surface area (Å²) in [4.78, 5) is 16.1. The summed E-state index contributed by atoms with van der Waals surface area (Å²) in [5.41, 5.74) is 2.41. The molecule has 8 nitrogen and oxygen atoms in total. The SMILES string of the molecule is CCOC(=O)c1cc(-c2cn[nH]c2)n(-c2ccc(OC)nc2)n1. The molecular weight excluding hydrogens is 298 g/mol. The van der Waals surface area contributed by atoms with E-state index in [-0.39, 0.29) is 12.3 Å². The number of carbonyl (C=O) groups excluding carboxylic acids is 1. The molecule has 8 heteroatoms. The summed E-state index contributed by atoms with van der Waals surface area (Å²) >= 11 is 0. The summed E-state index contributed by atoms with van der Waals surface area (Å²) in [5, 5.41) is 11.0. The Bertz CT molecular complexity index is 793. The topological polar surface area (TPSA) is 94.9 Å². The molecule has 0 aromatic carbocycles. The molecule has 0 saturated carbocycles. The average molecular weight is 313 g/mol. The first kappa shape index (κ1) is 14.8. The second-order valence-electron chi connectivity index (χ2n) is 4.59. The summed E-state index contributed by atoms with van der Waals surface area (Å²) in [6.07, 6.45) is 4.99. The van der Waals surface area contributed by atoms with Crippen LogP contribution in [0.2, 0.25) is 0 Å². The number of pyridine rings is 1. The average Bonchev–Trinajstić information content (AvgIpc) is 3.24. The van der Waals surface area contributed by atoms with Gasteiger partial charge in [-0.05, 0) is 19.1 Å². The standard InChI is InChI=1S/C15H15N5O3/c1-3-23-15(21)12-6-13(10-7-17-18-8-10)20(19-12)11-4-5-14(22-2)16-9-11/h4-9H,3H2,1-2H3,(H,17,18). The number of aromatic amines is 1. The van der Waals surface area contributed by atoms with E-state index >= 15 is 0 Å². The highest BCUT2D eigenvalue weighted by atomic mass is 16.5. The van der Waals surface area contributed by atoms with Crippen molar-refractivity contribution in [3.05, 3.63) is 42.5 Å². The molecule has 1 N–H and O–H groups in total. The number of aromatic nitrogens is 5. The van der Waals surface area contributed by atoms with Crippen LogP contribution in [0.5, 0.6) is 5.88 Å². The molecule has 0 bridgehead atoms. The van der Waals surface area contributed by atoms with Crippen molar-refractivity contribution in [2.45, 2.75) is 6.92 Å². The minimum Gasteiger partial charge on any atom is -0.481 e. The number of esters is 1. The van der Waals surface area contributed by atoms with Gasteiger partial charge in [-0.25, -0.2) is 14.5 Å². The molecule has 118 valence electrons. The van der Waals surface area contributed by atoms with Gasteiger partial charge in [0.1, 0.15) is 0 Å². The molecule has 0 amide bonds. The monoisotopic (exact) mass is 313 g/mol. The number of hydrogen-bond acceptors (Lipinski definition) is 6. The quantitative estimate of drug-likeness (QED) is 0.722. The predicted molar refractivity (Wildman–Crippen MR) is 81.4 cm³/mol. The highest BCUT2D eigenvalue weighted by Crippen LogP contribution is 2.24. The van der Waals surface area contributed by atoms with Gasteiger partial charge in [0.25, 0.3) is 0 Å². The van der Waals surface area contributed by atoms with E-state index in [0.29, 0.717) is 17.3 Å². The van der Waals surface area contributed by atoms with Crippen molar-refractivity contribution in [2.24, 2.45) is 0 Å². The van der Waals surface area contributed by atoms with Crippen molar-refractivity contribution >= 4 is 5.97 Å². The lowest BCUT2D eigenvalue weighted by atomic mass is 10.2. The molecule has 0 aliphatic rings. The first-order chi connectivity index (χ1) is 11.2. The molecule has 23 heavy (non-hydrogen) atoms. The molecule has 3 aromatic rings. The predicted octanol–water partition coefficient (Wildman–Crippen LogP) is 1.84. The van der Waals surface area contributed by atoms with Gasteiger partial charge in [-0.15, -0.1) is 0 Å². The van der Waals surface area contributed by atoms with Crippen LogP contribution in [0.15, 0.2) is 36.8 Å². The van der Waals surface area contributed by atoms with Gasteiger partial charge < -0.3 is 9.47 Å². The van der Waals surface area contributed by atoms with E-state index in [1.165, 1.54) is 0 Å². The smallest absolute Gasteiger partial charge is 0.358 e. The van der Waals surface area contributed by atoms with Crippen LogP contribution in [-0.2, 0) is 4.74 Å². The van der Waals surface area contributed by atoms with E-state index in [1.807, 2.05) is 0 Å². The molecule has 0 saturated heterocycles. The second-order valence-corrected chi connectivity index (χ2v) is 4.59. The van der Waals surface area contributed by atoms with Gasteiger partial charge in [0.15, 0.2) is 5.69 Å². The Morgan fingerprint density at radius 1 is 1.35 bits per heavy atom. The number of H-pyrrole nitrogens is 1. The van der Waals surface area contributed by atoms with E-state index in [4.69, 9.17) is 9.47 Å². The molecule has 0 unspecified atom stereocenters. The number of nitrogens with one attached hydrogen (secondary N) is 1. The number of rotatable bonds is 5. The van der Waals surface area contributed by atoms with Crippen LogP contribution in [0.1, 0.15) is 17.4 Å². The highest BCUT2D eigenvalue weighted by Gasteiger charge is 2.18. The second kappa shape index (κ2) is 6.30. The summed E-state index contributed by atoms with van der Waals surface area (Å²) in [7, 11) is 1.55. The van der Waals surface area contributed by atoms with Gasteiger partial charge >= 0.3 is 5.97 Å². The Balaban J connectivity index is 2.07. The molecule has 0 fully saturated rings. The summed E-state index contributed by atoms with van der Waals surface area (Å²) in [5.74, 6) is 0.0221. The first-order valence-electron chi connectivity index (χ1n) is 6.99. The maximum absolute atomic E-state index is 12.0. The van der Waals surface area contributed by atoms with Crippen molar-refractivity contribution in [3.63, 3.8) is 0 Å². The van der Waals surface area contributed by atoms with Crippen molar-refractivity contribution in [2.75, 3.05) is 13.7 Å². The Labute approximate surface area is 132 Å². The largest absolute Gasteiger partial charge is 0.481 e. The molecule has 3 rings (SSSR count). The van der Waals surface area contributed by atoms with E-state index in [9.17, 15) is 4.79 Å². The third-order valence-corrected chi connectivity index (χ3v) is 3.16. The molecule has 0 spiro atoms. The van der Waals surface area contributed by atoms with Crippen LogP contribution < -0.4 is 4.74 Å². The lowest BCUT2D eigenvalue weighted by Gasteiger charge is -2.06. The van der Waals surface area contributed by atoms with Crippen LogP contribution in [0, 0.1) is 0 Å². The fraction of sp³-hybridized carbons (Fsp3) is 0.200. The van der Waals surface area contributed by atoms with Crippen molar-refractivity contribution in [1.29, 1.82) is 0 Å².